The second-order valence-corrected chi connectivity index (χ2v) is 7.10. The minimum absolute atomic E-state index is 0.0646. The lowest BCUT2D eigenvalue weighted by Gasteiger charge is -2.24. The summed E-state index contributed by atoms with van der Waals surface area (Å²) in [6.07, 6.45) is 3.34. The minimum Gasteiger partial charge on any atom is -0.374 e. The molecule has 0 aliphatic carbocycles. The number of ether oxygens (including phenoxy) is 1. The van der Waals surface area contributed by atoms with E-state index in [1.807, 2.05) is 6.07 Å². The Labute approximate surface area is 158 Å². The van der Waals surface area contributed by atoms with Crippen LogP contribution < -0.4 is 10.6 Å². The Bertz CT molecular complexity index is 961. The number of hydrogen-bond acceptors (Lipinski definition) is 7. The van der Waals surface area contributed by atoms with Crippen molar-refractivity contribution in [3.05, 3.63) is 42.7 Å². The van der Waals surface area contributed by atoms with Crippen molar-refractivity contribution in [2.45, 2.75) is 11.0 Å². The molecule has 3 heterocycles. The van der Waals surface area contributed by atoms with Gasteiger partial charge in [0.25, 0.3) is 0 Å². The lowest BCUT2D eigenvalue weighted by molar-refractivity contribution is 0.0372. The van der Waals surface area contributed by atoms with E-state index in [0.717, 1.165) is 24.2 Å². The third-order valence-electron chi connectivity index (χ3n) is 4.31. The Morgan fingerprint density at radius 2 is 2.07 bits per heavy atom. The molecule has 1 aliphatic heterocycles. The van der Waals surface area contributed by atoms with Gasteiger partial charge in [0, 0.05) is 37.6 Å². The van der Waals surface area contributed by atoms with Gasteiger partial charge >= 0.3 is 0 Å². The molecule has 1 aromatic carbocycles. The summed E-state index contributed by atoms with van der Waals surface area (Å²) < 4.78 is 26.1. The largest absolute Gasteiger partial charge is 0.374 e. The fourth-order valence-corrected chi connectivity index (χ4v) is 3.32. The maximum Gasteiger partial charge on any atom is 0.186 e. The first-order valence-corrected chi connectivity index (χ1v) is 9.70. The number of morpholine rings is 1. The highest BCUT2D eigenvalue weighted by molar-refractivity contribution is 7.79. The molecule has 0 bridgehead atoms. The van der Waals surface area contributed by atoms with Gasteiger partial charge in [-0.25, -0.2) is 14.2 Å². The van der Waals surface area contributed by atoms with Gasteiger partial charge in [-0.15, -0.1) is 0 Å². The zero-order valence-electron chi connectivity index (χ0n) is 14.5. The Morgan fingerprint density at radius 3 is 2.81 bits per heavy atom. The summed E-state index contributed by atoms with van der Waals surface area (Å²) in [5.41, 5.74) is 2.96. The molecule has 3 N–H and O–H groups in total. The first-order chi connectivity index (χ1) is 13.2. The average Bonchev–Trinajstić information content (AvgIpc) is 2.72. The van der Waals surface area contributed by atoms with Crippen LogP contribution in [0, 0.1) is 0 Å². The monoisotopic (exact) mass is 385 g/mol. The highest BCUT2D eigenvalue weighted by Gasteiger charge is 2.15. The molecule has 27 heavy (non-hydrogen) atoms. The van der Waals surface area contributed by atoms with E-state index in [0.29, 0.717) is 35.1 Å². The lowest BCUT2D eigenvalue weighted by Crippen LogP contribution is -2.42. The second-order valence-electron chi connectivity index (χ2n) is 6.13. The van der Waals surface area contributed by atoms with Crippen molar-refractivity contribution >= 4 is 27.9 Å². The molecule has 9 heteroatoms. The van der Waals surface area contributed by atoms with Gasteiger partial charge in [0.1, 0.15) is 5.52 Å². The van der Waals surface area contributed by atoms with Crippen LogP contribution in [0.2, 0.25) is 0 Å². The van der Waals surface area contributed by atoms with Gasteiger partial charge in [-0.1, -0.05) is 12.1 Å². The van der Waals surface area contributed by atoms with Gasteiger partial charge in [-0.2, -0.15) is 0 Å². The number of aromatic nitrogens is 3. The van der Waals surface area contributed by atoms with Crippen LogP contribution in [0.25, 0.3) is 22.3 Å². The predicted octanol–water partition coefficient (Wildman–Crippen LogP) is 1.67. The second kappa shape index (κ2) is 8.05. The molecule has 4 rings (SSSR count). The summed E-state index contributed by atoms with van der Waals surface area (Å²) in [4.78, 5) is 13.8. The Hall–Kier alpha value is -2.46. The van der Waals surface area contributed by atoms with Crippen LogP contribution in [0.5, 0.6) is 0 Å². The average molecular weight is 385 g/mol. The number of nitrogens with zero attached hydrogens (tertiary/aromatic N) is 3. The third-order valence-corrected chi connectivity index (χ3v) is 4.99. The zero-order valence-corrected chi connectivity index (χ0v) is 15.3. The number of benzene rings is 1. The number of anilines is 1. The van der Waals surface area contributed by atoms with Gasteiger partial charge in [0.2, 0.25) is 0 Å². The van der Waals surface area contributed by atoms with Crippen molar-refractivity contribution in [1.82, 2.24) is 20.3 Å². The molecule has 2 unspecified atom stereocenters. The summed E-state index contributed by atoms with van der Waals surface area (Å²) in [5.74, 6) is 0.639. The van der Waals surface area contributed by atoms with Gasteiger partial charge in [0.15, 0.2) is 16.9 Å². The number of fused-ring (bicyclic) bond motifs is 1. The number of nitrogens with one attached hydrogen (secondary N) is 2. The lowest BCUT2D eigenvalue weighted by atomic mass is 10.1. The fourth-order valence-electron chi connectivity index (χ4n) is 2.95. The molecule has 0 saturated carbocycles. The van der Waals surface area contributed by atoms with Gasteiger partial charge in [-0.05, 0) is 18.2 Å². The molecule has 1 aliphatic rings. The molecule has 2 aromatic heterocycles. The van der Waals surface area contributed by atoms with E-state index in [2.05, 4.69) is 20.6 Å². The third kappa shape index (κ3) is 4.11. The van der Waals surface area contributed by atoms with Crippen LogP contribution in [0.4, 0.5) is 5.82 Å². The van der Waals surface area contributed by atoms with Crippen molar-refractivity contribution in [3.8, 4) is 11.3 Å². The van der Waals surface area contributed by atoms with E-state index < -0.39 is 11.1 Å². The maximum absolute atomic E-state index is 11.2. The topological polar surface area (TPSA) is 109 Å². The Balaban J connectivity index is 1.66. The molecule has 1 fully saturated rings. The van der Waals surface area contributed by atoms with E-state index in [4.69, 9.17) is 9.72 Å². The predicted molar refractivity (Wildman–Crippen MR) is 103 cm³/mol. The first-order valence-electron chi connectivity index (χ1n) is 8.60. The quantitative estimate of drug-likeness (QED) is 0.569. The summed E-state index contributed by atoms with van der Waals surface area (Å²) in [6, 6.07) is 8.63. The molecule has 8 nitrogen and oxygen atoms in total. The van der Waals surface area contributed by atoms with E-state index >= 15 is 0 Å². The smallest absolute Gasteiger partial charge is 0.186 e. The van der Waals surface area contributed by atoms with E-state index in [9.17, 15) is 8.76 Å². The Kier molecular flexibility index (Phi) is 5.35. The molecule has 3 aromatic rings. The number of rotatable bonds is 5. The van der Waals surface area contributed by atoms with Crippen LogP contribution in [-0.2, 0) is 15.8 Å². The van der Waals surface area contributed by atoms with Gasteiger partial charge in [0.05, 0.1) is 28.8 Å². The van der Waals surface area contributed by atoms with Crippen molar-refractivity contribution in [2.75, 3.05) is 31.6 Å². The van der Waals surface area contributed by atoms with Crippen LogP contribution in [0.15, 0.2) is 47.6 Å². The Morgan fingerprint density at radius 1 is 1.26 bits per heavy atom. The summed E-state index contributed by atoms with van der Waals surface area (Å²) in [6.45, 7) is 2.96. The van der Waals surface area contributed by atoms with E-state index in [-0.39, 0.29) is 6.10 Å². The maximum atomic E-state index is 11.2. The SMILES string of the molecule is O=S(O)c1ccc(-c2cc3nccnc3c(NCC3CNCCO3)n2)cc1. The van der Waals surface area contributed by atoms with Crippen LogP contribution in [0.3, 0.4) is 0 Å². The van der Waals surface area contributed by atoms with Crippen LogP contribution in [-0.4, -0.2) is 56.1 Å². The summed E-state index contributed by atoms with van der Waals surface area (Å²) in [5, 5.41) is 6.63. The highest BCUT2D eigenvalue weighted by atomic mass is 32.2. The molecule has 0 radical (unpaired) electrons. The van der Waals surface area contributed by atoms with Gasteiger partial charge in [-0.3, -0.25) is 4.98 Å². The van der Waals surface area contributed by atoms with Crippen LogP contribution >= 0.6 is 0 Å². The molecular formula is C18H19N5O3S. The van der Waals surface area contributed by atoms with E-state index in [1.165, 1.54) is 0 Å². The highest BCUT2D eigenvalue weighted by Crippen LogP contribution is 2.26. The standard InChI is InChI=1S/C18H19N5O3S/c24-27(25)14-3-1-12(2-4-14)15-9-16-17(21-6-5-20-16)18(23-15)22-11-13-10-19-7-8-26-13/h1-6,9,13,19H,7-8,10-11H2,(H,22,23)(H,24,25). The normalized spacial score (nSPS) is 18.3. The van der Waals surface area contributed by atoms with Crippen molar-refractivity contribution in [3.63, 3.8) is 0 Å². The van der Waals surface area contributed by atoms with Crippen molar-refractivity contribution in [1.29, 1.82) is 0 Å². The molecule has 2 atom stereocenters. The zero-order chi connectivity index (χ0) is 18.6. The number of hydrogen-bond donors (Lipinski definition) is 3. The summed E-state index contributed by atoms with van der Waals surface area (Å²) in [7, 11) is 0. The fraction of sp³-hybridized carbons (Fsp3) is 0.278. The van der Waals surface area contributed by atoms with Crippen molar-refractivity contribution < 1.29 is 13.5 Å². The summed E-state index contributed by atoms with van der Waals surface area (Å²) >= 11 is -2.00. The molecule has 1 saturated heterocycles. The first kappa shape index (κ1) is 17.9. The molecule has 0 amide bonds. The molecular weight excluding hydrogens is 366 g/mol. The molecule has 140 valence electrons. The van der Waals surface area contributed by atoms with Crippen LogP contribution in [0.1, 0.15) is 0 Å². The molecule has 0 spiro atoms. The number of pyridine rings is 1. The minimum atomic E-state index is -2.00. The van der Waals surface area contributed by atoms with E-state index in [1.54, 1.807) is 36.7 Å². The van der Waals surface area contributed by atoms with Gasteiger partial charge < -0.3 is 19.9 Å². The van der Waals surface area contributed by atoms with Crippen molar-refractivity contribution in [2.24, 2.45) is 0 Å².